The third-order valence-electron chi connectivity index (χ3n) is 2.26. The summed E-state index contributed by atoms with van der Waals surface area (Å²) in [6.07, 6.45) is 0.269. The molecule has 0 fully saturated rings. The van der Waals surface area contributed by atoms with Crippen molar-refractivity contribution in [2.45, 2.75) is 18.9 Å². The molecule has 0 unspecified atom stereocenters. The Labute approximate surface area is 80.1 Å². The van der Waals surface area contributed by atoms with Crippen molar-refractivity contribution in [3.63, 3.8) is 0 Å². The van der Waals surface area contributed by atoms with Crippen LogP contribution in [0.2, 0.25) is 0 Å². The fourth-order valence-electron chi connectivity index (χ4n) is 1.59. The Morgan fingerprint density at radius 2 is 2.14 bits per heavy atom. The number of aliphatic hydroxyl groups is 1. The summed E-state index contributed by atoms with van der Waals surface area (Å²) in [5, 5.41) is 9.58. The highest BCUT2D eigenvalue weighted by atomic mass is 19.1. The van der Waals surface area contributed by atoms with Crippen molar-refractivity contribution >= 4 is 0 Å². The number of ether oxygens (including phenoxy) is 1. The molecule has 1 atom stereocenters. The van der Waals surface area contributed by atoms with E-state index in [0.29, 0.717) is 19.4 Å². The maximum absolute atomic E-state index is 13.2. The molecule has 1 aliphatic rings. The minimum Gasteiger partial charge on any atom is -0.490 e. The molecule has 0 spiro atoms. The summed E-state index contributed by atoms with van der Waals surface area (Å²) in [7, 11) is 0. The molecule has 1 aliphatic heterocycles. The van der Waals surface area contributed by atoms with Gasteiger partial charge in [-0.15, -0.1) is 0 Å². The van der Waals surface area contributed by atoms with E-state index in [1.54, 1.807) is 0 Å². The van der Waals surface area contributed by atoms with Crippen LogP contribution in [0.25, 0.3) is 0 Å². The summed E-state index contributed by atoms with van der Waals surface area (Å²) in [5.74, 6) is -1.46. The lowest BCUT2D eigenvalue weighted by atomic mass is 10.0. The third-order valence-corrected chi connectivity index (χ3v) is 2.26. The fraction of sp³-hybridized carbons (Fsp3) is 0.400. The van der Waals surface area contributed by atoms with Gasteiger partial charge < -0.3 is 9.84 Å². The quantitative estimate of drug-likeness (QED) is 0.695. The Morgan fingerprint density at radius 1 is 1.36 bits per heavy atom. The minimum atomic E-state index is -0.835. The van der Waals surface area contributed by atoms with Crippen molar-refractivity contribution in [2.24, 2.45) is 0 Å². The molecule has 0 aromatic heterocycles. The van der Waals surface area contributed by atoms with E-state index in [0.717, 1.165) is 12.1 Å². The smallest absolute Gasteiger partial charge is 0.168 e. The van der Waals surface area contributed by atoms with E-state index in [4.69, 9.17) is 4.74 Å². The summed E-state index contributed by atoms with van der Waals surface area (Å²) in [6.45, 7) is 0.354. The predicted molar refractivity (Wildman–Crippen MR) is 46.0 cm³/mol. The van der Waals surface area contributed by atoms with Crippen LogP contribution in [0.3, 0.4) is 0 Å². The van der Waals surface area contributed by atoms with Gasteiger partial charge in [-0.05, 0) is 18.9 Å². The van der Waals surface area contributed by atoms with E-state index in [2.05, 4.69) is 0 Å². The number of fused-ring (bicyclic) bond motifs is 1. The second kappa shape index (κ2) is 3.53. The molecule has 2 rings (SSSR count). The molecule has 2 nitrogen and oxygen atoms in total. The largest absolute Gasteiger partial charge is 0.490 e. The van der Waals surface area contributed by atoms with Gasteiger partial charge in [0.1, 0.15) is 5.82 Å². The van der Waals surface area contributed by atoms with Crippen molar-refractivity contribution in [1.29, 1.82) is 0 Å². The van der Waals surface area contributed by atoms with Crippen molar-refractivity contribution in [3.8, 4) is 5.75 Å². The fourth-order valence-corrected chi connectivity index (χ4v) is 1.59. The highest BCUT2D eigenvalue weighted by Crippen LogP contribution is 2.34. The van der Waals surface area contributed by atoms with Crippen molar-refractivity contribution in [1.82, 2.24) is 0 Å². The first kappa shape index (κ1) is 9.40. The molecule has 0 radical (unpaired) electrons. The van der Waals surface area contributed by atoms with Crippen LogP contribution in [-0.4, -0.2) is 11.7 Å². The summed E-state index contributed by atoms with van der Waals surface area (Å²) in [5.41, 5.74) is 0.208. The molecule has 76 valence electrons. The number of halogens is 2. The van der Waals surface area contributed by atoms with Crippen LogP contribution < -0.4 is 4.74 Å². The minimum absolute atomic E-state index is 0.0172. The summed E-state index contributed by atoms with van der Waals surface area (Å²) in [4.78, 5) is 0. The van der Waals surface area contributed by atoms with Gasteiger partial charge >= 0.3 is 0 Å². The van der Waals surface area contributed by atoms with E-state index >= 15 is 0 Å². The van der Waals surface area contributed by atoms with Gasteiger partial charge in [0.15, 0.2) is 11.6 Å². The molecule has 4 heteroatoms. The average Bonchev–Trinajstić information content (AvgIpc) is 2.29. The van der Waals surface area contributed by atoms with Gasteiger partial charge in [-0.25, -0.2) is 8.78 Å². The molecular weight excluding hydrogens is 190 g/mol. The molecule has 0 aliphatic carbocycles. The van der Waals surface area contributed by atoms with Gasteiger partial charge in [0, 0.05) is 11.6 Å². The molecule has 1 heterocycles. The number of rotatable bonds is 0. The second-order valence-electron chi connectivity index (χ2n) is 3.31. The predicted octanol–water partition coefficient (Wildman–Crippen LogP) is 2.17. The van der Waals surface area contributed by atoms with E-state index < -0.39 is 17.7 Å². The zero-order chi connectivity index (χ0) is 10.1. The monoisotopic (exact) mass is 200 g/mol. The highest BCUT2D eigenvalue weighted by Gasteiger charge is 2.21. The second-order valence-corrected chi connectivity index (χ2v) is 3.31. The SMILES string of the molecule is O[C@H]1CCCOc2c(F)cc(F)cc21. The molecule has 1 aromatic rings. The van der Waals surface area contributed by atoms with Crippen LogP contribution in [0.4, 0.5) is 8.78 Å². The van der Waals surface area contributed by atoms with E-state index in [9.17, 15) is 13.9 Å². The first-order valence-electron chi connectivity index (χ1n) is 4.48. The van der Waals surface area contributed by atoms with Gasteiger partial charge in [-0.3, -0.25) is 0 Å². The number of hydrogen-bond acceptors (Lipinski definition) is 2. The Morgan fingerprint density at radius 3 is 2.93 bits per heavy atom. The molecule has 1 N–H and O–H groups in total. The molecule has 1 aromatic carbocycles. The van der Waals surface area contributed by atoms with Crippen molar-refractivity contribution in [2.75, 3.05) is 6.61 Å². The Balaban J connectivity index is 2.53. The zero-order valence-electron chi connectivity index (χ0n) is 7.46. The molecule has 14 heavy (non-hydrogen) atoms. The highest BCUT2D eigenvalue weighted by molar-refractivity contribution is 5.37. The van der Waals surface area contributed by atoms with Crippen LogP contribution in [0.15, 0.2) is 12.1 Å². The summed E-state index contributed by atoms with van der Waals surface area (Å²) in [6, 6.07) is 1.88. The van der Waals surface area contributed by atoms with Gasteiger partial charge in [-0.2, -0.15) is 0 Å². The Bertz CT molecular complexity index is 352. The topological polar surface area (TPSA) is 29.5 Å². The standard InChI is InChI=1S/C10H10F2O2/c11-6-4-7-9(13)2-1-3-14-10(7)8(12)5-6/h4-5,9,13H,1-3H2/t9-/m0/s1. The summed E-state index contributed by atoms with van der Waals surface area (Å²) >= 11 is 0. The Hall–Kier alpha value is -1.16. The van der Waals surface area contributed by atoms with Crippen LogP contribution in [-0.2, 0) is 0 Å². The summed E-state index contributed by atoms with van der Waals surface area (Å²) < 4.78 is 31.2. The molecule has 0 bridgehead atoms. The van der Waals surface area contributed by atoms with Crippen LogP contribution in [0.1, 0.15) is 24.5 Å². The van der Waals surface area contributed by atoms with Gasteiger partial charge in [-0.1, -0.05) is 0 Å². The normalized spacial score (nSPS) is 20.9. The lowest BCUT2D eigenvalue weighted by Crippen LogP contribution is -2.00. The maximum atomic E-state index is 13.2. The van der Waals surface area contributed by atoms with Gasteiger partial charge in [0.2, 0.25) is 0 Å². The lowest BCUT2D eigenvalue weighted by molar-refractivity contribution is 0.167. The van der Waals surface area contributed by atoms with E-state index in [1.165, 1.54) is 0 Å². The average molecular weight is 200 g/mol. The number of aliphatic hydroxyl groups excluding tert-OH is 1. The molecule has 0 saturated heterocycles. The molecule has 0 saturated carbocycles. The van der Waals surface area contributed by atoms with Gasteiger partial charge in [0.25, 0.3) is 0 Å². The number of hydrogen-bond donors (Lipinski definition) is 1. The van der Waals surface area contributed by atoms with Crippen LogP contribution in [0.5, 0.6) is 5.75 Å². The van der Waals surface area contributed by atoms with Crippen LogP contribution in [0, 0.1) is 11.6 Å². The van der Waals surface area contributed by atoms with Crippen molar-refractivity contribution in [3.05, 3.63) is 29.3 Å². The molecular formula is C10H10F2O2. The van der Waals surface area contributed by atoms with Crippen LogP contribution >= 0.6 is 0 Å². The first-order valence-corrected chi connectivity index (χ1v) is 4.48. The van der Waals surface area contributed by atoms with E-state index in [-0.39, 0.29) is 11.3 Å². The first-order chi connectivity index (χ1) is 6.68. The van der Waals surface area contributed by atoms with Gasteiger partial charge in [0.05, 0.1) is 12.7 Å². The third kappa shape index (κ3) is 1.57. The lowest BCUT2D eigenvalue weighted by Gasteiger charge is -2.11. The zero-order valence-corrected chi connectivity index (χ0v) is 7.46. The Kier molecular flexibility index (Phi) is 2.37. The number of benzene rings is 1. The molecule has 0 amide bonds. The van der Waals surface area contributed by atoms with Crippen molar-refractivity contribution < 1.29 is 18.6 Å². The van der Waals surface area contributed by atoms with E-state index in [1.807, 2.05) is 0 Å². The maximum Gasteiger partial charge on any atom is 0.168 e.